The normalized spacial score (nSPS) is 10.4. The number of hydrazone groups is 1. The summed E-state index contributed by atoms with van der Waals surface area (Å²) in [6.45, 7) is 1.05. The van der Waals surface area contributed by atoms with E-state index in [1.807, 2.05) is 60.7 Å². The van der Waals surface area contributed by atoms with Gasteiger partial charge in [0.05, 0.1) is 31.5 Å². The summed E-state index contributed by atoms with van der Waals surface area (Å²) in [5, 5.41) is 13.1. The van der Waals surface area contributed by atoms with E-state index in [2.05, 4.69) is 16.6 Å². The molecule has 0 aliphatic carbocycles. The molecule has 3 aromatic carbocycles. The van der Waals surface area contributed by atoms with E-state index in [0.717, 1.165) is 28.2 Å². The zero-order valence-corrected chi connectivity index (χ0v) is 15.6. The van der Waals surface area contributed by atoms with Crippen LogP contribution in [0.15, 0.2) is 77.9 Å². The minimum atomic E-state index is 0.458. The standard InChI is InChI=1S/C23H21N3O2/c1-27-23-5-3-2-4-21(23)16-26-25-15-19-10-12-22(13-11-19)28-17-20-8-6-18(14-24)7-9-20/h2-13,15,26H,16-17H2,1H3/b25-15+. The van der Waals surface area contributed by atoms with Gasteiger partial charge in [0.15, 0.2) is 0 Å². The molecule has 0 aliphatic heterocycles. The van der Waals surface area contributed by atoms with Crippen LogP contribution in [0.2, 0.25) is 0 Å². The summed E-state index contributed by atoms with van der Waals surface area (Å²) in [4.78, 5) is 0. The number of para-hydroxylation sites is 1. The van der Waals surface area contributed by atoms with Crippen LogP contribution in [0.25, 0.3) is 0 Å². The molecule has 0 unspecified atom stereocenters. The van der Waals surface area contributed by atoms with Crippen LogP contribution in [0.5, 0.6) is 11.5 Å². The van der Waals surface area contributed by atoms with Crippen molar-refractivity contribution in [2.75, 3.05) is 7.11 Å². The molecule has 1 N–H and O–H groups in total. The van der Waals surface area contributed by atoms with Gasteiger partial charge in [0.25, 0.3) is 0 Å². The van der Waals surface area contributed by atoms with Crippen molar-refractivity contribution in [3.8, 4) is 17.6 Å². The van der Waals surface area contributed by atoms with Crippen LogP contribution in [0.4, 0.5) is 0 Å². The Morgan fingerprint density at radius 3 is 2.46 bits per heavy atom. The van der Waals surface area contributed by atoms with Gasteiger partial charge in [0.2, 0.25) is 0 Å². The summed E-state index contributed by atoms with van der Waals surface area (Å²) in [6, 6.07) is 25.0. The zero-order chi connectivity index (χ0) is 19.6. The third kappa shape index (κ3) is 5.36. The van der Waals surface area contributed by atoms with Crippen LogP contribution < -0.4 is 14.9 Å². The van der Waals surface area contributed by atoms with E-state index in [0.29, 0.717) is 18.7 Å². The van der Waals surface area contributed by atoms with E-state index in [1.165, 1.54) is 0 Å². The fourth-order valence-corrected chi connectivity index (χ4v) is 2.59. The Kier molecular flexibility index (Phi) is 6.64. The highest BCUT2D eigenvalue weighted by molar-refractivity contribution is 5.79. The number of methoxy groups -OCH3 is 1. The van der Waals surface area contributed by atoms with E-state index >= 15 is 0 Å². The summed E-state index contributed by atoms with van der Waals surface area (Å²) < 4.78 is 11.1. The number of nitrogens with zero attached hydrogens (tertiary/aromatic N) is 2. The van der Waals surface area contributed by atoms with Crippen LogP contribution >= 0.6 is 0 Å². The molecule has 0 amide bonds. The highest BCUT2D eigenvalue weighted by Crippen LogP contribution is 2.17. The van der Waals surface area contributed by atoms with E-state index in [4.69, 9.17) is 14.7 Å². The molecular weight excluding hydrogens is 350 g/mol. The smallest absolute Gasteiger partial charge is 0.123 e. The Morgan fingerprint density at radius 1 is 1.00 bits per heavy atom. The average molecular weight is 371 g/mol. The molecule has 0 heterocycles. The molecule has 5 nitrogen and oxygen atoms in total. The highest BCUT2D eigenvalue weighted by Gasteiger charge is 2.00. The van der Waals surface area contributed by atoms with Gasteiger partial charge in [0.1, 0.15) is 18.1 Å². The molecule has 0 aromatic heterocycles. The lowest BCUT2D eigenvalue weighted by molar-refractivity contribution is 0.306. The van der Waals surface area contributed by atoms with Crippen molar-refractivity contribution in [3.63, 3.8) is 0 Å². The Morgan fingerprint density at radius 2 is 1.75 bits per heavy atom. The number of benzene rings is 3. The van der Waals surface area contributed by atoms with Crippen molar-refractivity contribution < 1.29 is 9.47 Å². The first-order valence-electron chi connectivity index (χ1n) is 8.88. The number of hydrogen-bond donors (Lipinski definition) is 1. The molecule has 28 heavy (non-hydrogen) atoms. The maximum absolute atomic E-state index is 8.82. The Balaban J connectivity index is 1.48. The molecule has 140 valence electrons. The van der Waals surface area contributed by atoms with Crippen LogP contribution in [0, 0.1) is 11.3 Å². The van der Waals surface area contributed by atoms with Crippen molar-refractivity contribution in [2.24, 2.45) is 5.10 Å². The number of hydrogen-bond acceptors (Lipinski definition) is 5. The van der Waals surface area contributed by atoms with Crippen LogP contribution in [0.3, 0.4) is 0 Å². The predicted octanol–water partition coefficient (Wildman–Crippen LogP) is 4.27. The summed E-state index contributed by atoms with van der Waals surface area (Å²) in [5.41, 5.74) is 6.71. The van der Waals surface area contributed by atoms with Crippen molar-refractivity contribution >= 4 is 6.21 Å². The van der Waals surface area contributed by atoms with E-state index in [-0.39, 0.29) is 0 Å². The molecule has 0 atom stereocenters. The SMILES string of the molecule is COc1ccccc1CN/N=C/c1ccc(OCc2ccc(C#N)cc2)cc1. The van der Waals surface area contributed by atoms with Gasteiger partial charge >= 0.3 is 0 Å². The Hall–Kier alpha value is -3.78. The van der Waals surface area contributed by atoms with Crippen molar-refractivity contribution in [2.45, 2.75) is 13.2 Å². The van der Waals surface area contributed by atoms with E-state index in [9.17, 15) is 0 Å². The van der Waals surface area contributed by atoms with Gasteiger partial charge in [-0.25, -0.2) is 0 Å². The molecule has 0 radical (unpaired) electrons. The second-order valence-corrected chi connectivity index (χ2v) is 6.07. The number of nitriles is 1. The largest absolute Gasteiger partial charge is 0.496 e. The Bertz CT molecular complexity index is 958. The zero-order valence-electron chi connectivity index (χ0n) is 15.6. The molecule has 0 aliphatic rings. The van der Waals surface area contributed by atoms with Crippen LogP contribution in [-0.2, 0) is 13.2 Å². The number of ether oxygens (including phenoxy) is 2. The monoisotopic (exact) mass is 371 g/mol. The lowest BCUT2D eigenvalue weighted by atomic mass is 10.1. The molecule has 0 saturated carbocycles. The molecule has 3 rings (SSSR count). The lowest BCUT2D eigenvalue weighted by Gasteiger charge is -2.07. The Labute approximate surface area is 164 Å². The molecule has 0 saturated heterocycles. The van der Waals surface area contributed by atoms with Gasteiger partial charge < -0.3 is 14.9 Å². The fourth-order valence-electron chi connectivity index (χ4n) is 2.59. The van der Waals surface area contributed by atoms with Crippen LogP contribution in [0.1, 0.15) is 22.3 Å². The van der Waals surface area contributed by atoms with Gasteiger partial charge in [-0.1, -0.05) is 30.3 Å². The van der Waals surface area contributed by atoms with Crippen molar-refractivity contribution in [3.05, 3.63) is 95.1 Å². The fraction of sp³-hybridized carbons (Fsp3) is 0.130. The van der Waals surface area contributed by atoms with Gasteiger partial charge in [-0.15, -0.1) is 0 Å². The first-order chi connectivity index (χ1) is 13.8. The first-order valence-corrected chi connectivity index (χ1v) is 8.88. The molecule has 0 bridgehead atoms. The quantitative estimate of drug-likeness (QED) is 0.474. The third-order valence-electron chi connectivity index (χ3n) is 4.14. The molecule has 3 aromatic rings. The van der Waals surface area contributed by atoms with Crippen molar-refractivity contribution in [1.82, 2.24) is 5.43 Å². The second kappa shape index (κ2) is 9.79. The second-order valence-electron chi connectivity index (χ2n) is 6.07. The lowest BCUT2D eigenvalue weighted by Crippen LogP contribution is -2.06. The third-order valence-corrected chi connectivity index (χ3v) is 4.14. The van der Waals surface area contributed by atoms with Gasteiger partial charge in [-0.05, 0) is 53.6 Å². The summed E-state index contributed by atoms with van der Waals surface area (Å²) in [6.07, 6.45) is 1.76. The number of rotatable bonds is 8. The first kappa shape index (κ1) is 19.0. The van der Waals surface area contributed by atoms with Crippen molar-refractivity contribution in [1.29, 1.82) is 5.26 Å². The van der Waals surface area contributed by atoms with Gasteiger partial charge in [0, 0.05) is 5.56 Å². The summed E-state index contributed by atoms with van der Waals surface area (Å²) >= 11 is 0. The predicted molar refractivity (Wildman–Crippen MR) is 109 cm³/mol. The minimum absolute atomic E-state index is 0.458. The molecule has 0 fully saturated rings. The highest BCUT2D eigenvalue weighted by atomic mass is 16.5. The van der Waals surface area contributed by atoms with Crippen LogP contribution in [-0.4, -0.2) is 13.3 Å². The average Bonchev–Trinajstić information content (AvgIpc) is 2.76. The van der Waals surface area contributed by atoms with E-state index in [1.54, 1.807) is 25.5 Å². The van der Waals surface area contributed by atoms with Gasteiger partial charge in [-0.2, -0.15) is 10.4 Å². The maximum atomic E-state index is 8.82. The summed E-state index contributed by atoms with van der Waals surface area (Å²) in [5.74, 6) is 1.62. The summed E-state index contributed by atoms with van der Waals surface area (Å²) in [7, 11) is 1.66. The minimum Gasteiger partial charge on any atom is -0.496 e. The van der Waals surface area contributed by atoms with E-state index < -0.39 is 0 Å². The molecule has 5 heteroatoms. The maximum Gasteiger partial charge on any atom is 0.123 e. The topological polar surface area (TPSA) is 66.6 Å². The van der Waals surface area contributed by atoms with Gasteiger partial charge in [-0.3, -0.25) is 0 Å². The molecular formula is C23H21N3O2. The molecule has 0 spiro atoms. The number of nitrogens with one attached hydrogen (secondary N) is 1.